The first-order chi connectivity index (χ1) is 13.3. The molecule has 0 spiro atoms. The molecular weight excluding hydrogens is 358 g/mol. The molecule has 0 aromatic heterocycles. The van der Waals surface area contributed by atoms with Gasteiger partial charge in [0, 0.05) is 6.54 Å². The zero-order chi connectivity index (χ0) is 20.5. The first-order valence-corrected chi connectivity index (χ1v) is 8.73. The Bertz CT molecular complexity index is 965. The van der Waals surface area contributed by atoms with Crippen molar-refractivity contribution in [3.63, 3.8) is 0 Å². The highest BCUT2D eigenvalue weighted by atomic mass is 16.4. The highest BCUT2D eigenvalue weighted by Crippen LogP contribution is 2.39. The molecular formula is C21H19N3O4. The molecule has 7 nitrogen and oxygen atoms in total. The zero-order valence-electron chi connectivity index (χ0n) is 15.5. The maximum absolute atomic E-state index is 13.3. The van der Waals surface area contributed by atoms with Crippen molar-refractivity contribution in [2.45, 2.75) is 32.0 Å². The summed E-state index contributed by atoms with van der Waals surface area (Å²) in [4.78, 5) is 40.0. The average Bonchev–Trinajstić information content (AvgIpc) is 2.89. The second-order valence-corrected chi connectivity index (χ2v) is 6.81. The van der Waals surface area contributed by atoms with Crippen LogP contribution in [0.2, 0.25) is 0 Å². The molecule has 1 aliphatic rings. The van der Waals surface area contributed by atoms with Crippen LogP contribution >= 0.6 is 0 Å². The SMILES string of the molecule is CC(C(=O)O)N1C(=O)N(Cc2ccccc2)[C@@](C)(c2ccc(C#N)cc2)C1=O. The van der Waals surface area contributed by atoms with E-state index in [0.717, 1.165) is 10.5 Å². The van der Waals surface area contributed by atoms with Crippen molar-refractivity contribution >= 4 is 17.9 Å². The summed E-state index contributed by atoms with van der Waals surface area (Å²) in [6.07, 6.45) is 0. The molecule has 1 saturated heterocycles. The minimum Gasteiger partial charge on any atom is -0.480 e. The average molecular weight is 377 g/mol. The number of imide groups is 1. The van der Waals surface area contributed by atoms with E-state index in [9.17, 15) is 19.5 Å². The molecule has 7 heteroatoms. The van der Waals surface area contributed by atoms with Crippen LogP contribution in [0.1, 0.15) is 30.5 Å². The van der Waals surface area contributed by atoms with Gasteiger partial charge in [0.1, 0.15) is 11.6 Å². The number of nitriles is 1. The van der Waals surface area contributed by atoms with Crippen LogP contribution in [0, 0.1) is 11.3 Å². The minimum atomic E-state index is -1.38. The van der Waals surface area contributed by atoms with Crippen molar-refractivity contribution in [1.82, 2.24) is 9.80 Å². The van der Waals surface area contributed by atoms with E-state index in [2.05, 4.69) is 0 Å². The van der Waals surface area contributed by atoms with Crippen molar-refractivity contribution < 1.29 is 19.5 Å². The Morgan fingerprint density at radius 3 is 2.29 bits per heavy atom. The summed E-state index contributed by atoms with van der Waals surface area (Å²) in [5.74, 6) is -1.86. The Hall–Kier alpha value is -3.66. The smallest absolute Gasteiger partial charge is 0.329 e. The second kappa shape index (κ2) is 7.16. The lowest BCUT2D eigenvalue weighted by molar-refractivity contribution is -0.147. The van der Waals surface area contributed by atoms with E-state index in [1.54, 1.807) is 31.2 Å². The Labute approximate surface area is 162 Å². The molecule has 2 atom stereocenters. The molecule has 2 aromatic rings. The van der Waals surface area contributed by atoms with Gasteiger partial charge < -0.3 is 10.0 Å². The first kappa shape index (κ1) is 19.1. The van der Waals surface area contributed by atoms with E-state index in [0.29, 0.717) is 11.1 Å². The molecule has 0 saturated carbocycles. The number of hydrogen-bond donors (Lipinski definition) is 1. The quantitative estimate of drug-likeness (QED) is 0.807. The topological polar surface area (TPSA) is 102 Å². The van der Waals surface area contributed by atoms with E-state index in [1.165, 1.54) is 11.8 Å². The normalized spacial score (nSPS) is 20.2. The summed E-state index contributed by atoms with van der Waals surface area (Å²) < 4.78 is 0. The van der Waals surface area contributed by atoms with Gasteiger partial charge >= 0.3 is 12.0 Å². The number of nitrogens with zero attached hydrogens (tertiary/aromatic N) is 3. The maximum atomic E-state index is 13.3. The number of carboxylic acid groups (broad SMARTS) is 1. The van der Waals surface area contributed by atoms with Crippen LogP contribution in [0.5, 0.6) is 0 Å². The summed E-state index contributed by atoms with van der Waals surface area (Å²) in [6.45, 7) is 3.06. The van der Waals surface area contributed by atoms with Gasteiger partial charge in [0.15, 0.2) is 0 Å². The monoisotopic (exact) mass is 377 g/mol. The van der Waals surface area contributed by atoms with Crippen molar-refractivity contribution in [1.29, 1.82) is 5.26 Å². The summed E-state index contributed by atoms with van der Waals surface area (Å²) in [7, 11) is 0. The lowest BCUT2D eigenvalue weighted by atomic mass is 9.89. The van der Waals surface area contributed by atoms with Crippen molar-refractivity contribution in [2.24, 2.45) is 0 Å². The molecule has 0 radical (unpaired) electrons. The van der Waals surface area contributed by atoms with Gasteiger partial charge in [0.05, 0.1) is 11.6 Å². The predicted molar refractivity (Wildman–Crippen MR) is 99.8 cm³/mol. The standard InChI is InChI=1S/C21H19N3O4/c1-14(18(25)26)24-19(27)21(2,17-10-8-15(12-22)9-11-17)23(20(24)28)13-16-6-4-3-5-7-16/h3-11,14H,13H2,1-2H3,(H,25,26)/t14?,21-/m0/s1. The molecule has 28 heavy (non-hydrogen) atoms. The lowest BCUT2D eigenvalue weighted by Gasteiger charge is -2.32. The van der Waals surface area contributed by atoms with Gasteiger partial charge in [-0.25, -0.2) is 14.5 Å². The van der Waals surface area contributed by atoms with Gasteiger partial charge in [-0.15, -0.1) is 0 Å². The Balaban J connectivity index is 2.11. The minimum absolute atomic E-state index is 0.144. The molecule has 1 fully saturated rings. The van der Waals surface area contributed by atoms with Gasteiger partial charge in [-0.1, -0.05) is 42.5 Å². The summed E-state index contributed by atoms with van der Waals surface area (Å²) in [5, 5.41) is 18.4. The van der Waals surface area contributed by atoms with Crippen molar-refractivity contribution in [2.75, 3.05) is 0 Å². The fourth-order valence-electron chi connectivity index (χ4n) is 3.35. The van der Waals surface area contributed by atoms with Crippen LogP contribution in [0.4, 0.5) is 4.79 Å². The second-order valence-electron chi connectivity index (χ2n) is 6.81. The van der Waals surface area contributed by atoms with Crippen molar-refractivity contribution in [3.8, 4) is 6.07 Å². The largest absolute Gasteiger partial charge is 0.480 e. The molecule has 3 amide bonds. The van der Waals surface area contributed by atoms with E-state index in [4.69, 9.17) is 5.26 Å². The van der Waals surface area contributed by atoms with Crippen LogP contribution < -0.4 is 0 Å². The van der Waals surface area contributed by atoms with E-state index in [-0.39, 0.29) is 6.54 Å². The third-order valence-corrected chi connectivity index (χ3v) is 5.12. The number of carbonyl (C=O) groups is 3. The number of amides is 3. The Morgan fingerprint density at radius 2 is 1.75 bits per heavy atom. The third kappa shape index (κ3) is 2.99. The summed E-state index contributed by atoms with van der Waals surface area (Å²) in [6, 6.07) is 15.6. The molecule has 1 aliphatic heterocycles. The molecule has 0 aliphatic carbocycles. The molecule has 1 unspecified atom stereocenters. The van der Waals surface area contributed by atoms with E-state index < -0.39 is 29.5 Å². The van der Waals surface area contributed by atoms with Gasteiger partial charge in [-0.2, -0.15) is 5.26 Å². The number of hydrogen-bond acceptors (Lipinski definition) is 4. The van der Waals surface area contributed by atoms with E-state index >= 15 is 0 Å². The number of urea groups is 1. The highest BCUT2D eigenvalue weighted by Gasteiger charge is 2.57. The number of carboxylic acids is 1. The number of aliphatic carboxylic acids is 1. The molecule has 1 heterocycles. The molecule has 2 aromatic carbocycles. The maximum Gasteiger partial charge on any atom is 0.329 e. The first-order valence-electron chi connectivity index (χ1n) is 8.73. The van der Waals surface area contributed by atoms with Crippen LogP contribution in [-0.4, -0.2) is 38.9 Å². The molecule has 0 bridgehead atoms. The van der Waals surface area contributed by atoms with Crippen molar-refractivity contribution in [3.05, 3.63) is 71.3 Å². The zero-order valence-corrected chi connectivity index (χ0v) is 15.5. The van der Waals surface area contributed by atoms with Gasteiger partial charge in [-0.3, -0.25) is 4.79 Å². The van der Waals surface area contributed by atoms with Crippen LogP contribution in [0.3, 0.4) is 0 Å². The van der Waals surface area contributed by atoms with Crippen LogP contribution in [0.25, 0.3) is 0 Å². The Kier molecular flexibility index (Phi) is 4.89. The molecule has 1 N–H and O–H groups in total. The summed E-state index contributed by atoms with van der Waals surface area (Å²) >= 11 is 0. The van der Waals surface area contributed by atoms with Crippen LogP contribution in [-0.2, 0) is 21.7 Å². The summed E-state index contributed by atoms with van der Waals surface area (Å²) in [5.41, 5.74) is 0.369. The van der Waals surface area contributed by atoms with Crippen LogP contribution in [0.15, 0.2) is 54.6 Å². The number of benzene rings is 2. The van der Waals surface area contributed by atoms with Gasteiger partial charge in [-0.05, 0) is 37.1 Å². The number of rotatable bonds is 5. The fraction of sp³-hybridized carbons (Fsp3) is 0.238. The lowest BCUT2D eigenvalue weighted by Crippen LogP contribution is -2.45. The third-order valence-electron chi connectivity index (χ3n) is 5.12. The highest BCUT2D eigenvalue weighted by molar-refractivity contribution is 6.09. The predicted octanol–water partition coefficient (Wildman–Crippen LogP) is 2.71. The molecule has 142 valence electrons. The van der Waals surface area contributed by atoms with Gasteiger partial charge in [0.2, 0.25) is 0 Å². The number of carbonyl (C=O) groups excluding carboxylic acids is 2. The fourth-order valence-corrected chi connectivity index (χ4v) is 3.35. The van der Waals surface area contributed by atoms with E-state index in [1.807, 2.05) is 36.4 Å². The molecule has 3 rings (SSSR count). The Morgan fingerprint density at radius 1 is 1.14 bits per heavy atom. The van der Waals surface area contributed by atoms with Gasteiger partial charge in [0.25, 0.3) is 5.91 Å².